The van der Waals surface area contributed by atoms with Crippen LogP contribution in [0.25, 0.3) is 0 Å². The van der Waals surface area contributed by atoms with E-state index in [4.69, 9.17) is 5.73 Å². The average molecular weight is 256 g/mol. The predicted octanol–water partition coefficient (Wildman–Crippen LogP) is 2.94. The van der Waals surface area contributed by atoms with Crippen molar-refractivity contribution in [3.63, 3.8) is 0 Å². The Morgan fingerprint density at radius 2 is 1.72 bits per heavy atom. The van der Waals surface area contributed by atoms with Crippen LogP contribution < -0.4 is 11.1 Å². The molecule has 3 nitrogen and oxygen atoms in total. The highest BCUT2D eigenvalue weighted by molar-refractivity contribution is 5.78. The molecule has 0 heterocycles. The summed E-state index contributed by atoms with van der Waals surface area (Å²) in [7, 11) is 0. The van der Waals surface area contributed by atoms with Gasteiger partial charge in [0.05, 0.1) is 0 Å². The van der Waals surface area contributed by atoms with Crippen molar-refractivity contribution in [2.24, 2.45) is 23.0 Å². The molecule has 108 valence electrons. The number of rotatable bonds is 8. The van der Waals surface area contributed by atoms with E-state index in [9.17, 15) is 4.79 Å². The first-order chi connectivity index (χ1) is 8.16. The van der Waals surface area contributed by atoms with E-state index in [1.165, 1.54) is 0 Å². The maximum atomic E-state index is 11.9. The molecule has 0 spiro atoms. The molecule has 0 rings (SSSR count). The molecule has 0 aromatic carbocycles. The Labute approximate surface area is 113 Å². The Kier molecular flexibility index (Phi) is 7.53. The molecule has 1 amide bonds. The van der Waals surface area contributed by atoms with Gasteiger partial charge in [-0.1, -0.05) is 41.0 Å². The minimum atomic E-state index is 0.0895. The van der Waals surface area contributed by atoms with Gasteiger partial charge in [-0.3, -0.25) is 4.79 Å². The molecule has 0 fully saturated rings. The third-order valence-corrected chi connectivity index (χ3v) is 4.03. The lowest BCUT2D eigenvalue weighted by molar-refractivity contribution is -0.125. The first kappa shape index (κ1) is 17.4. The van der Waals surface area contributed by atoms with Crippen LogP contribution in [0.2, 0.25) is 0 Å². The van der Waals surface area contributed by atoms with E-state index in [-0.39, 0.29) is 23.3 Å². The molecule has 0 radical (unpaired) electrons. The summed E-state index contributed by atoms with van der Waals surface area (Å²) in [5, 5.41) is 3.07. The van der Waals surface area contributed by atoms with Gasteiger partial charge in [-0.25, -0.2) is 0 Å². The van der Waals surface area contributed by atoms with Crippen molar-refractivity contribution in [1.82, 2.24) is 5.32 Å². The fourth-order valence-electron chi connectivity index (χ4n) is 1.57. The number of carbonyl (C=O) groups excluding carboxylic acids is 1. The summed E-state index contributed by atoms with van der Waals surface area (Å²) in [6.45, 7) is 13.5. The molecular formula is C15H32N2O. The van der Waals surface area contributed by atoms with Gasteiger partial charge >= 0.3 is 0 Å². The molecule has 2 atom stereocenters. The van der Waals surface area contributed by atoms with E-state index in [1.54, 1.807) is 0 Å². The summed E-state index contributed by atoms with van der Waals surface area (Å²) in [6.07, 6.45) is 2.95. The zero-order chi connectivity index (χ0) is 14.3. The summed E-state index contributed by atoms with van der Waals surface area (Å²) in [4.78, 5) is 11.9. The molecule has 3 N–H and O–H groups in total. The van der Waals surface area contributed by atoms with Gasteiger partial charge in [-0.2, -0.15) is 0 Å². The van der Waals surface area contributed by atoms with Gasteiger partial charge < -0.3 is 11.1 Å². The molecule has 0 saturated heterocycles. The lowest BCUT2D eigenvalue weighted by Crippen LogP contribution is -2.39. The Hall–Kier alpha value is -0.570. The van der Waals surface area contributed by atoms with Crippen LogP contribution >= 0.6 is 0 Å². The van der Waals surface area contributed by atoms with Crippen LogP contribution in [0.15, 0.2) is 0 Å². The van der Waals surface area contributed by atoms with Gasteiger partial charge in [0.1, 0.15) is 0 Å². The van der Waals surface area contributed by atoms with E-state index in [2.05, 4.69) is 33.0 Å². The predicted molar refractivity (Wildman–Crippen MR) is 78.3 cm³/mol. The molecule has 0 aliphatic heterocycles. The normalized spacial score (nSPS) is 15.6. The largest absolute Gasteiger partial charge is 0.355 e. The zero-order valence-corrected chi connectivity index (χ0v) is 13.0. The van der Waals surface area contributed by atoms with Crippen LogP contribution in [0.4, 0.5) is 0 Å². The van der Waals surface area contributed by atoms with E-state index in [0.717, 1.165) is 25.8 Å². The van der Waals surface area contributed by atoms with E-state index in [1.807, 2.05) is 13.8 Å². The Morgan fingerprint density at radius 3 is 2.17 bits per heavy atom. The number of nitrogens with two attached hydrogens (primary N) is 1. The third-order valence-electron chi connectivity index (χ3n) is 4.03. The minimum Gasteiger partial charge on any atom is -0.355 e. The maximum absolute atomic E-state index is 11.9. The van der Waals surface area contributed by atoms with E-state index >= 15 is 0 Å². The molecular weight excluding hydrogens is 224 g/mol. The first-order valence-electron chi connectivity index (χ1n) is 7.20. The van der Waals surface area contributed by atoms with Crippen molar-refractivity contribution in [1.29, 1.82) is 0 Å². The number of nitrogens with one attached hydrogen (secondary N) is 1. The summed E-state index contributed by atoms with van der Waals surface area (Å²) in [6, 6.07) is 0.236. The van der Waals surface area contributed by atoms with Gasteiger partial charge in [0.25, 0.3) is 0 Å². The lowest BCUT2D eigenvalue weighted by Gasteiger charge is -2.30. The zero-order valence-electron chi connectivity index (χ0n) is 13.0. The van der Waals surface area contributed by atoms with Crippen LogP contribution in [0, 0.1) is 17.3 Å². The highest BCUT2D eigenvalue weighted by Crippen LogP contribution is 2.24. The lowest BCUT2D eigenvalue weighted by atomic mass is 9.81. The second-order valence-electron chi connectivity index (χ2n) is 6.67. The van der Waals surface area contributed by atoms with Gasteiger partial charge in [-0.15, -0.1) is 0 Å². The fraction of sp³-hybridized carbons (Fsp3) is 0.933. The highest BCUT2D eigenvalue weighted by Gasteiger charge is 2.23. The van der Waals surface area contributed by atoms with Crippen molar-refractivity contribution in [2.45, 2.75) is 66.8 Å². The molecule has 0 aromatic rings. The Balaban J connectivity index is 3.95. The fourth-order valence-corrected chi connectivity index (χ4v) is 1.57. The standard InChI is InChI=1S/C15H32N2O/c1-11(2)15(5,6)10-17-14(18)12(3)8-7-9-13(4)16/h11-13H,7-10,16H2,1-6H3,(H,17,18). The minimum absolute atomic E-state index is 0.0895. The van der Waals surface area contributed by atoms with Gasteiger partial charge in [0, 0.05) is 18.5 Å². The SMILES string of the molecule is CC(N)CCCC(C)C(=O)NCC(C)(C)C(C)C. The van der Waals surface area contributed by atoms with Crippen LogP contribution in [-0.4, -0.2) is 18.5 Å². The Morgan fingerprint density at radius 1 is 1.17 bits per heavy atom. The molecule has 0 bridgehead atoms. The van der Waals surface area contributed by atoms with Crippen LogP contribution in [-0.2, 0) is 4.79 Å². The van der Waals surface area contributed by atoms with E-state index in [0.29, 0.717) is 5.92 Å². The van der Waals surface area contributed by atoms with Crippen LogP contribution in [0.1, 0.15) is 60.8 Å². The Bertz CT molecular complexity index is 247. The van der Waals surface area contributed by atoms with Crippen molar-refractivity contribution in [3.05, 3.63) is 0 Å². The summed E-state index contributed by atoms with van der Waals surface area (Å²) in [5.41, 5.74) is 5.86. The van der Waals surface area contributed by atoms with Crippen molar-refractivity contribution in [2.75, 3.05) is 6.54 Å². The van der Waals surface area contributed by atoms with Crippen LogP contribution in [0.3, 0.4) is 0 Å². The number of hydrogen-bond acceptors (Lipinski definition) is 2. The number of hydrogen-bond donors (Lipinski definition) is 2. The van der Waals surface area contributed by atoms with Gasteiger partial charge in [0.15, 0.2) is 0 Å². The summed E-state index contributed by atoms with van der Waals surface area (Å²) in [5.74, 6) is 0.825. The summed E-state index contributed by atoms with van der Waals surface area (Å²) < 4.78 is 0. The smallest absolute Gasteiger partial charge is 0.222 e. The van der Waals surface area contributed by atoms with Gasteiger partial charge in [-0.05, 0) is 31.1 Å². The highest BCUT2D eigenvalue weighted by atomic mass is 16.1. The molecule has 3 heteroatoms. The average Bonchev–Trinajstić information content (AvgIpc) is 2.25. The van der Waals surface area contributed by atoms with Crippen molar-refractivity contribution < 1.29 is 4.79 Å². The number of carbonyl (C=O) groups is 1. The molecule has 0 saturated carbocycles. The van der Waals surface area contributed by atoms with Crippen molar-refractivity contribution in [3.8, 4) is 0 Å². The van der Waals surface area contributed by atoms with E-state index < -0.39 is 0 Å². The van der Waals surface area contributed by atoms with Crippen LogP contribution in [0.5, 0.6) is 0 Å². The second kappa shape index (κ2) is 7.78. The maximum Gasteiger partial charge on any atom is 0.222 e. The van der Waals surface area contributed by atoms with Crippen molar-refractivity contribution >= 4 is 5.91 Å². The van der Waals surface area contributed by atoms with Gasteiger partial charge in [0.2, 0.25) is 5.91 Å². The molecule has 18 heavy (non-hydrogen) atoms. The molecule has 0 aromatic heterocycles. The molecule has 0 aliphatic rings. The molecule has 0 aliphatic carbocycles. The monoisotopic (exact) mass is 256 g/mol. The topological polar surface area (TPSA) is 55.1 Å². The third kappa shape index (κ3) is 7.00. The first-order valence-corrected chi connectivity index (χ1v) is 7.20. The summed E-state index contributed by atoms with van der Waals surface area (Å²) >= 11 is 0. The number of amides is 1. The molecule has 2 unspecified atom stereocenters. The second-order valence-corrected chi connectivity index (χ2v) is 6.67. The quantitative estimate of drug-likeness (QED) is 0.701.